The molecule has 0 unspecified atom stereocenters. The Bertz CT molecular complexity index is 2680. The molecule has 0 N–H and O–H groups in total. The summed E-state index contributed by atoms with van der Waals surface area (Å²) in [5.41, 5.74) is 12.2. The molecule has 3 nitrogen and oxygen atoms in total. The van der Waals surface area contributed by atoms with Crippen molar-refractivity contribution in [1.82, 2.24) is 0 Å². The molecule has 9 rings (SSSR count). The molecule has 7 aromatic carbocycles. The Hall–Kier alpha value is -6.03. The Morgan fingerprint density at radius 3 is 1.94 bits per heavy atom. The molecule has 0 bridgehead atoms. The van der Waals surface area contributed by atoms with Crippen molar-refractivity contribution < 1.29 is 4.42 Å². The summed E-state index contributed by atoms with van der Waals surface area (Å²) in [7, 11) is 0. The highest BCUT2D eigenvalue weighted by Crippen LogP contribution is 2.38. The number of benzene rings is 7. The van der Waals surface area contributed by atoms with Crippen molar-refractivity contribution in [2.45, 2.75) is 19.8 Å². The van der Waals surface area contributed by atoms with E-state index < -0.39 is 0 Å². The largest absolute Gasteiger partial charge is 0.456 e. The lowest BCUT2D eigenvalue weighted by Crippen LogP contribution is -2.11. The first kappa shape index (κ1) is 31.0. The zero-order valence-corrected chi connectivity index (χ0v) is 28.9. The summed E-state index contributed by atoms with van der Waals surface area (Å²) in [4.78, 5) is 10.8. The van der Waals surface area contributed by atoms with Gasteiger partial charge in [0, 0.05) is 33.5 Å². The third-order valence-corrected chi connectivity index (χ3v) is 10.2. The minimum absolute atomic E-state index is 0.612. The average molecular weight is 677 g/mol. The van der Waals surface area contributed by atoms with Crippen molar-refractivity contribution in [3.05, 3.63) is 185 Å². The molecule has 0 saturated heterocycles. The maximum Gasteiger partial charge on any atom is 0.160 e. The highest BCUT2D eigenvalue weighted by molar-refractivity contribution is 6.36. The first-order chi connectivity index (χ1) is 25.1. The highest BCUT2D eigenvalue weighted by atomic mass is 35.5. The Morgan fingerprint density at radius 2 is 1.16 bits per heavy atom. The van der Waals surface area contributed by atoms with Gasteiger partial charge in [0.15, 0.2) is 5.84 Å². The lowest BCUT2D eigenvalue weighted by Gasteiger charge is -2.17. The molecule has 1 aliphatic rings. The minimum atomic E-state index is 0.612. The van der Waals surface area contributed by atoms with Crippen molar-refractivity contribution in [2.75, 3.05) is 0 Å². The van der Waals surface area contributed by atoms with Crippen molar-refractivity contribution in [2.24, 2.45) is 9.98 Å². The monoisotopic (exact) mass is 676 g/mol. The average Bonchev–Trinajstić information content (AvgIpc) is 3.55. The van der Waals surface area contributed by atoms with Gasteiger partial charge in [-0.25, -0.2) is 9.98 Å². The van der Waals surface area contributed by atoms with E-state index >= 15 is 0 Å². The third kappa shape index (κ3) is 5.86. The van der Waals surface area contributed by atoms with E-state index in [-0.39, 0.29) is 0 Å². The Balaban J connectivity index is 1.21. The van der Waals surface area contributed by atoms with Crippen molar-refractivity contribution in [3.8, 4) is 22.3 Å². The molecule has 1 aromatic heterocycles. The van der Waals surface area contributed by atoms with Crippen LogP contribution in [-0.4, -0.2) is 11.5 Å². The summed E-state index contributed by atoms with van der Waals surface area (Å²) in [5, 5.41) is 5.06. The fourth-order valence-corrected chi connectivity index (χ4v) is 7.44. The van der Waals surface area contributed by atoms with Gasteiger partial charge in [-0.05, 0) is 76.6 Å². The lowest BCUT2D eigenvalue weighted by molar-refractivity contribution is 0.669. The molecular formula is C47H33ClN2O. The number of fused-ring (bicyclic) bond motifs is 5. The van der Waals surface area contributed by atoms with Crippen LogP contribution in [0.1, 0.15) is 36.5 Å². The third-order valence-electron chi connectivity index (χ3n) is 9.85. The summed E-state index contributed by atoms with van der Waals surface area (Å²) in [6.45, 7) is 2.19. The van der Waals surface area contributed by atoms with Crippen molar-refractivity contribution in [3.63, 3.8) is 0 Å². The topological polar surface area (TPSA) is 37.9 Å². The van der Waals surface area contributed by atoms with Crippen LogP contribution in [-0.2, 0) is 0 Å². The molecule has 0 atom stereocenters. The van der Waals surface area contributed by atoms with E-state index in [9.17, 15) is 0 Å². The molecule has 244 valence electrons. The summed E-state index contributed by atoms with van der Waals surface area (Å²) in [6, 6.07) is 54.8. The van der Waals surface area contributed by atoms with E-state index in [0.717, 1.165) is 73.0 Å². The Labute approximate surface area is 301 Å². The van der Waals surface area contributed by atoms with Crippen LogP contribution in [0.3, 0.4) is 0 Å². The van der Waals surface area contributed by atoms with Crippen LogP contribution in [0, 0.1) is 0 Å². The Morgan fingerprint density at radius 1 is 0.510 bits per heavy atom. The Kier molecular flexibility index (Phi) is 7.91. The number of hydrogen-bond donors (Lipinski definition) is 0. The molecule has 4 heteroatoms. The van der Waals surface area contributed by atoms with Gasteiger partial charge >= 0.3 is 0 Å². The van der Waals surface area contributed by atoms with Gasteiger partial charge in [-0.1, -0.05) is 145 Å². The predicted octanol–water partition coefficient (Wildman–Crippen LogP) is 13.2. The van der Waals surface area contributed by atoms with E-state index in [1.807, 2.05) is 24.3 Å². The number of amidine groups is 1. The number of hydrogen-bond acceptors (Lipinski definition) is 3. The van der Waals surface area contributed by atoms with Crippen LogP contribution >= 0.6 is 11.6 Å². The smallest absolute Gasteiger partial charge is 0.160 e. The number of furan rings is 1. The summed E-state index contributed by atoms with van der Waals surface area (Å²) in [5.74, 6) is 0.655. The zero-order chi connectivity index (χ0) is 34.3. The normalized spacial score (nSPS) is 15.1. The van der Waals surface area contributed by atoms with Crippen LogP contribution in [0.2, 0.25) is 5.02 Å². The second kappa shape index (κ2) is 13.0. The van der Waals surface area contributed by atoms with E-state index in [2.05, 4.69) is 140 Å². The summed E-state index contributed by atoms with van der Waals surface area (Å²) >= 11 is 7.10. The minimum Gasteiger partial charge on any atom is -0.456 e. The van der Waals surface area contributed by atoms with Gasteiger partial charge in [-0.3, -0.25) is 0 Å². The van der Waals surface area contributed by atoms with Crippen LogP contribution in [0.15, 0.2) is 178 Å². The number of rotatable bonds is 5. The number of halogens is 1. The molecule has 0 spiro atoms. The molecule has 0 aliphatic carbocycles. The van der Waals surface area contributed by atoms with Crippen LogP contribution < -0.4 is 0 Å². The number of aliphatic imine (C=N–C) groups is 2. The van der Waals surface area contributed by atoms with E-state index in [0.29, 0.717) is 17.3 Å². The standard InChI is InChI=1S/C47H33ClN2O/c1-30-19-25-42(39-28-40-44(29-41(39)48)51-43-26-24-34-15-8-9-18-38(34)45(40)43)49-47(35-22-20-33(21-23-35)31-11-4-2-5-12-31)50-46(30)37-17-10-16-36(27-37)32-13-6-3-7-14-32/h2-18,20-24,26-29H,19,25H2,1H3/b46-30+,49-42?,50-47?. The fourth-order valence-electron chi connectivity index (χ4n) is 7.18. The zero-order valence-electron chi connectivity index (χ0n) is 28.1. The fraction of sp³-hybridized carbons (Fsp3) is 0.0638. The van der Waals surface area contributed by atoms with Gasteiger partial charge in [0.05, 0.1) is 16.4 Å². The quantitative estimate of drug-likeness (QED) is 0.179. The molecule has 1 aliphatic heterocycles. The maximum absolute atomic E-state index is 7.10. The SMILES string of the molecule is C/C1=C(/c2cccc(-c3ccccc3)c2)N=C(c2ccc(-c3ccccc3)cc2)N=C(c2cc3c(cc2Cl)oc2ccc4ccccc4c23)CC1. The highest BCUT2D eigenvalue weighted by Gasteiger charge is 2.20. The summed E-state index contributed by atoms with van der Waals surface area (Å²) in [6.07, 6.45) is 1.49. The molecule has 51 heavy (non-hydrogen) atoms. The summed E-state index contributed by atoms with van der Waals surface area (Å²) < 4.78 is 6.33. The molecule has 0 amide bonds. The second-order valence-corrected chi connectivity index (χ2v) is 13.5. The molecule has 8 aromatic rings. The molecule has 0 fully saturated rings. The molecule has 0 saturated carbocycles. The second-order valence-electron chi connectivity index (χ2n) is 13.1. The van der Waals surface area contributed by atoms with E-state index in [4.69, 9.17) is 26.0 Å². The number of allylic oxidation sites excluding steroid dienone is 1. The molecule has 2 heterocycles. The van der Waals surface area contributed by atoms with Crippen LogP contribution in [0.5, 0.6) is 0 Å². The van der Waals surface area contributed by atoms with Gasteiger partial charge in [-0.2, -0.15) is 0 Å². The van der Waals surface area contributed by atoms with Gasteiger partial charge in [-0.15, -0.1) is 0 Å². The van der Waals surface area contributed by atoms with Crippen molar-refractivity contribution >= 4 is 61.6 Å². The van der Waals surface area contributed by atoms with Gasteiger partial charge in [0.25, 0.3) is 0 Å². The first-order valence-corrected chi connectivity index (χ1v) is 17.7. The van der Waals surface area contributed by atoms with Gasteiger partial charge < -0.3 is 4.42 Å². The van der Waals surface area contributed by atoms with E-state index in [1.165, 1.54) is 22.1 Å². The first-order valence-electron chi connectivity index (χ1n) is 17.3. The van der Waals surface area contributed by atoms with Gasteiger partial charge in [0.2, 0.25) is 0 Å². The maximum atomic E-state index is 7.10. The lowest BCUT2D eigenvalue weighted by atomic mass is 9.95. The van der Waals surface area contributed by atoms with Crippen LogP contribution in [0.4, 0.5) is 0 Å². The molecule has 0 radical (unpaired) electrons. The van der Waals surface area contributed by atoms with Gasteiger partial charge in [0.1, 0.15) is 11.2 Å². The molecular weight excluding hydrogens is 644 g/mol. The predicted molar refractivity (Wildman–Crippen MR) is 215 cm³/mol. The van der Waals surface area contributed by atoms with E-state index in [1.54, 1.807) is 0 Å². The number of nitrogens with zero attached hydrogens (tertiary/aromatic N) is 2. The van der Waals surface area contributed by atoms with Crippen molar-refractivity contribution in [1.29, 1.82) is 0 Å². The van der Waals surface area contributed by atoms with Crippen LogP contribution in [0.25, 0.3) is 60.7 Å².